The number of carbonyl (C=O) groups excluding carboxylic acids is 1. The van der Waals surface area contributed by atoms with Crippen LogP contribution in [0.5, 0.6) is 0 Å². The summed E-state index contributed by atoms with van der Waals surface area (Å²) in [4.78, 5) is 22.3. The van der Waals surface area contributed by atoms with E-state index in [1.165, 1.54) is 11.3 Å². The van der Waals surface area contributed by atoms with Crippen LogP contribution < -0.4 is 10.2 Å². The number of likely N-dealkylation sites (N-methyl/N-ethyl adjacent to an activating group) is 1. The van der Waals surface area contributed by atoms with Crippen molar-refractivity contribution < 1.29 is 4.79 Å². The molecule has 1 aromatic carbocycles. The minimum Gasteiger partial charge on any atom is -0.346 e. The summed E-state index contributed by atoms with van der Waals surface area (Å²) in [5, 5.41) is 3.88. The molecule has 116 valence electrons. The monoisotopic (exact) mass is 316 g/mol. The molecule has 0 unspecified atom stereocenters. The van der Waals surface area contributed by atoms with Crippen molar-refractivity contribution >= 4 is 28.1 Å². The molecule has 0 radical (unpaired) electrons. The highest BCUT2D eigenvalue weighted by molar-refractivity contribution is 7.17. The number of amides is 1. The summed E-state index contributed by atoms with van der Waals surface area (Å²) in [5.41, 5.74) is 1.61. The van der Waals surface area contributed by atoms with E-state index in [-0.39, 0.29) is 5.91 Å². The number of para-hydroxylation sites is 1. The molecule has 1 N–H and O–H groups in total. The maximum atomic E-state index is 12.4. The first kappa shape index (κ1) is 15.0. The molecular weight excluding hydrogens is 296 g/mol. The standard InChI is InChI=1S/C16H20N4OS/c1-12-14(15(21)18-13-6-4-3-5-7-13)22-16(17-12)20-10-8-19(2)9-11-20/h3-7H,8-11H2,1-2H3,(H,18,21). The van der Waals surface area contributed by atoms with Gasteiger partial charge in [-0.25, -0.2) is 4.98 Å². The molecular formula is C16H20N4OS. The summed E-state index contributed by atoms with van der Waals surface area (Å²) in [5.74, 6) is -0.0819. The predicted molar refractivity (Wildman–Crippen MR) is 91.0 cm³/mol. The first-order valence-corrected chi connectivity index (χ1v) is 8.22. The Hall–Kier alpha value is -1.92. The van der Waals surface area contributed by atoms with E-state index in [0.717, 1.165) is 42.7 Å². The van der Waals surface area contributed by atoms with Crippen LogP contribution in [-0.4, -0.2) is 49.0 Å². The highest BCUT2D eigenvalue weighted by Crippen LogP contribution is 2.27. The lowest BCUT2D eigenvalue weighted by Gasteiger charge is -2.32. The molecule has 1 aromatic heterocycles. The Kier molecular flexibility index (Phi) is 4.40. The molecule has 0 saturated carbocycles. The second kappa shape index (κ2) is 6.46. The molecule has 1 aliphatic heterocycles. The number of carbonyl (C=O) groups is 1. The number of nitrogens with one attached hydrogen (secondary N) is 1. The van der Waals surface area contributed by atoms with E-state index in [1.807, 2.05) is 37.3 Å². The Morgan fingerprint density at radius 3 is 2.55 bits per heavy atom. The predicted octanol–water partition coefficient (Wildman–Crippen LogP) is 2.46. The van der Waals surface area contributed by atoms with Gasteiger partial charge in [-0.1, -0.05) is 29.5 Å². The van der Waals surface area contributed by atoms with Crippen molar-refractivity contribution in [3.63, 3.8) is 0 Å². The first-order chi connectivity index (χ1) is 10.6. The lowest BCUT2D eigenvalue weighted by molar-refractivity contribution is 0.103. The number of rotatable bonds is 3. The Labute approximate surface area is 134 Å². The van der Waals surface area contributed by atoms with Crippen molar-refractivity contribution in [2.45, 2.75) is 6.92 Å². The molecule has 6 heteroatoms. The van der Waals surface area contributed by atoms with Gasteiger partial charge in [0.15, 0.2) is 5.13 Å². The van der Waals surface area contributed by atoms with E-state index in [4.69, 9.17) is 0 Å². The van der Waals surface area contributed by atoms with Crippen molar-refractivity contribution in [3.8, 4) is 0 Å². The van der Waals surface area contributed by atoms with Gasteiger partial charge in [-0.05, 0) is 26.1 Å². The lowest BCUT2D eigenvalue weighted by Crippen LogP contribution is -2.44. The van der Waals surface area contributed by atoms with Gasteiger partial charge in [0.1, 0.15) is 4.88 Å². The molecule has 2 aromatic rings. The zero-order chi connectivity index (χ0) is 15.5. The summed E-state index contributed by atoms with van der Waals surface area (Å²) >= 11 is 1.48. The zero-order valence-corrected chi connectivity index (χ0v) is 13.7. The fourth-order valence-corrected chi connectivity index (χ4v) is 3.45. The van der Waals surface area contributed by atoms with Gasteiger partial charge >= 0.3 is 0 Å². The van der Waals surface area contributed by atoms with E-state index in [0.29, 0.717) is 4.88 Å². The van der Waals surface area contributed by atoms with Crippen LogP contribution >= 0.6 is 11.3 Å². The molecule has 22 heavy (non-hydrogen) atoms. The molecule has 0 aliphatic carbocycles. The third kappa shape index (κ3) is 3.28. The molecule has 1 amide bonds. The minimum atomic E-state index is -0.0819. The normalized spacial score (nSPS) is 15.8. The van der Waals surface area contributed by atoms with Crippen molar-refractivity contribution in [1.82, 2.24) is 9.88 Å². The van der Waals surface area contributed by atoms with Crippen LogP contribution in [-0.2, 0) is 0 Å². The summed E-state index contributed by atoms with van der Waals surface area (Å²) in [6.45, 7) is 5.89. The van der Waals surface area contributed by atoms with Crippen LogP contribution in [0.1, 0.15) is 15.4 Å². The molecule has 3 rings (SSSR count). The molecule has 2 heterocycles. The van der Waals surface area contributed by atoms with E-state index in [1.54, 1.807) is 0 Å². The van der Waals surface area contributed by atoms with Crippen LogP contribution in [0.15, 0.2) is 30.3 Å². The van der Waals surface area contributed by atoms with Crippen LogP contribution in [0.4, 0.5) is 10.8 Å². The number of thiazole rings is 1. The van der Waals surface area contributed by atoms with E-state index >= 15 is 0 Å². The number of nitrogens with zero attached hydrogens (tertiary/aromatic N) is 3. The van der Waals surface area contributed by atoms with Gasteiger partial charge in [0, 0.05) is 31.9 Å². The van der Waals surface area contributed by atoms with Gasteiger partial charge in [0.05, 0.1) is 5.69 Å². The summed E-state index contributed by atoms with van der Waals surface area (Å²) in [7, 11) is 2.13. The molecule has 1 fully saturated rings. The second-order valence-electron chi connectivity index (χ2n) is 5.52. The average molecular weight is 316 g/mol. The molecule has 1 aliphatic rings. The van der Waals surface area contributed by atoms with Crippen molar-refractivity contribution in [2.75, 3.05) is 43.4 Å². The maximum absolute atomic E-state index is 12.4. The number of hydrogen-bond acceptors (Lipinski definition) is 5. The van der Waals surface area contributed by atoms with Crippen LogP contribution in [0, 0.1) is 6.92 Å². The number of benzene rings is 1. The third-order valence-electron chi connectivity index (χ3n) is 3.80. The van der Waals surface area contributed by atoms with Gasteiger partial charge in [-0.3, -0.25) is 4.79 Å². The number of piperazine rings is 1. The Bertz CT molecular complexity index is 647. The molecule has 0 atom stereocenters. The molecule has 5 nitrogen and oxygen atoms in total. The maximum Gasteiger partial charge on any atom is 0.267 e. The van der Waals surface area contributed by atoms with Gasteiger partial charge in [0.25, 0.3) is 5.91 Å². The second-order valence-corrected chi connectivity index (χ2v) is 6.50. The van der Waals surface area contributed by atoms with Crippen LogP contribution in [0.25, 0.3) is 0 Å². The van der Waals surface area contributed by atoms with Crippen molar-refractivity contribution in [2.24, 2.45) is 0 Å². The van der Waals surface area contributed by atoms with Gasteiger partial charge in [-0.2, -0.15) is 0 Å². The Balaban J connectivity index is 1.73. The number of aryl methyl sites for hydroxylation is 1. The van der Waals surface area contributed by atoms with E-state index in [2.05, 4.69) is 27.1 Å². The zero-order valence-electron chi connectivity index (χ0n) is 12.9. The first-order valence-electron chi connectivity index (χ1n) is 7.41. The topological polar surface area (TPSA) is 48.5 Å². The van der Waals surface area contributed by atoms with Crippen LogP contribution in [0.3, 0.4) is 0 Å². The highest BCUT2D eigenvalue weighted by atomic mass is 32.1. The number of aromatic nitrogens is 1. The number of anilines is 2. The van der Waals surface area contributed by atoms with Gasteiger partial charge < -0.3 is 15.1 Å². The highest BCUT2D eigenvalue weighted by Gasteiger charge is 2.21. The average Bonchev–Trinajstić information content (AvgIpc) is 2.91. The third-order valence-corrected chi connectivity index (χ3v) is 5.01. The summed E-state index contributed by atoms with van der Waals surface area (Å²) < 4.78 is 0. The number of hydrogen-bond donors (Lipinski definition) is 1. The van der Waals surface area contributed by atoms with Crippen LogP contribution in [0.2, 0.25) is 0 Å². The Morgan fingerprint density at radius 2 is 1.86 bits per heavy atom. The van der Waals surface area contributed by atoms with Gasteiger partial charge in [0.2, 0.25) is 0 Å². The summed E-state index contributed by atoms with van der Waals surface area (Å²) in [6.07, 6.45) is 0. The largest absolute Gasteiger partial charge is 0.346 e. The fourth-order valence-electron chi connectivity index (χ4n) is 2.44. The van der Waals surface area contributed by atoms with Crippen molar-refractivity contribution in [3.05, 3.63) is 40.9 Å². The van der Waals surface area contributed by atoms with Crippen molar-refractivity contribution in [1.29, 1.82) is 0 Å². The Morgan fingerprint density at radius 1 is 1.18 bits per heavy atom. The summed E-state index contributed by atoms with van der Waals surface area (Å²) in [6, 6.07) is 9.51. The lowest BCUT2D eigenvalue weighted by atomic mass is 10.3. The smallest absolute Gasteiger partial charge is 0.267 e. The van der Waals surface area contributed by atoms with E-state index < -0.39 is 0 Å². The van der Waals surface area contributed by atoms with Gasteiger partial charge in [-0.15, -0.1) is 0 Å². The van der Waals surface area contributed by atoms with E-state index in [9.17, 15) is 4.79 Å². The fraction of sp³-hybridized carbons (Fsp3) is 0.375. The molecule has 0 spiro atoms. The minimum absolute atomic E-state index is 0.0819. The quantitative estimate of drug-likeness (QED) is 0.945. The molecule has 1 saturated heterocycles. The molecule has 0 bridgehead atoms. The SMILES string of the molecule is Cc1nc(N2CCN(C)CC2)sc1C(=O)Nc1ccccc1.